The maximum Gasteiger partial charge on any atom is 0.228 e. The molecular formula is C22H32N4OS. The first-order valence-corrected chi connectivity index (χ1v) is 11.3. The summed E-state index contributed by atoms with van der Waals surface area (Å²) in [6, 6.07) is 8.17. The Hall–Kier alpha value is -1.79. The Kier molecular flexibility index (Phi) is 7.18. The first-order valence-electron chi connectivity index (χ1n) is 10.1. The molecular weight excluding hydrogens is 368 g/mol. The number of para-hydroxylation sites is 1. The van der Waals surface area contributed by atoms with Gasteiger partial charge in [0.15, 0.2) is 0 Å². The Morgan fingerprint density at radius 1 is 1.21 bits per heavy atom. The Morgan fingerprint density at radius 3 is 2.64 bits per heavy atom. The number of nitrogens with one attached hydrogen (secondary N) is 1. The van der Waals surface area contributed by atoms with E-state index in [1.54, 1.807) is 0 Å². The lowest BCUT2D eigenvalue weighted by molar-refractivity contribution is -0.115. The zero-order valence-corrected chi connectivity index (χ0v) is 18.3. The number of nitrogens with zero attached hydrogens (tertiary/aromatic N) is 3. The fourth-order valence-electron chi connectivity index (χ4n) is 3.65. The van der Waals surface area contributed by atoms with Crippen molar-refractivity contribution in [3.05, 3.63) is 46.8 Å². The third-order valence-electron chi connectivity index (χ3n) is 5.20. The van der Waals surface area contributed by atoms with E-state index in [2.05, 4.69) is 42.2 Å². The molecule has 1 aromatic carbocycles. The number of thioether (sulfide) groups is 1. The van der Waals surface area contributed by atoms with E-state index >= 15 is 0 Å². The smallest absolute Gasteiger partial charge is 0.228 e. The van der Waals surface area contributed by atoms with Gasteiger partial charge >= 0.3 is 0 Å². The van der Waals surface area contributed by atoms with Crippen LogP contribution in [0.25, 0.3) is 0 Å². The van der Waals surface area contributed by atoms with Crippen LogP contribution < -0.4 is 5.32 Å². The molecule has 28 heavy (non-hydrogen) atoms. The molecule has 0 atom stereocenters. The Labute approximate surface area is 172 Å². The number of carbonyl (C=O) groups is 1. The van der Waals surface area contributed by atoms with E-state index in [1.807, 2.05) is 41.6 Å². The van der Waals surface area contributed by atoms with Crippen molar-refractivity contribution in [1.82, 2.24) is 14.7 Å². The molecule has 0 saturated carbocycles. The number of amides is 1. The summed E-state index contributed by atoms with van der Waals surface area (Å²) in [6.45, 7) is 12.4. The predicted molar refractivity (Wildman–Crippen MR) is 118 cm³/mol. The zero-order valence-electron chi connectivity index (χ0n) is 17.5. The summed E-state index contributed by atoms with van der Waals surface area (Å²) in [6.07, 6.45) is 0.366. The van der Waals surface area contributed by atoms with Crippen molar-refractivity contribution in [3.63, 3.8) is 0 Å². The van der Waals surface area contributed by atoms with Gasteiger partial charge in [0.05, 0.1) is 12.1 Å². The highest BCUT2D eigenvalue weighted by Crippen LogP contribution is 2.21. The summed E-state index contributed by atoms with van der Waals surface area (Å²) in [5.41, 5.74) is 5.21. The summed E-state index contributed by atoms with van der Waals surface area (Å²) in [4.78, 5) is 15.3. The number of carbonyl (C=O) groups excluding carboxylic acids is 1. The standard InChI is InChI=1S/C22H32N4OS/c1-16(2)14-26-18(4)20(17(3)24-26)13-22(27)23-21-8-6-5-7-19(21)15-25-9-11-28-12-10-25/h5-8,16H,9-15H2,1-4H3,(H,23,27). The van der Waals surface area contributed by atoms with Gasteiger partial charge in [-0.2, -0.15) is 16.9 Å². The summed E-state index contributed by atoms with van der Waals surface area (Å²) in [5.74, 6) is 2.93. The van der Waals surface area contributed by atoms with Crippen molar-refractivity contribution in [3.8, 4) is 0 Å². The third kappa shape index (κ3) is 5.39. The third-order valence-corrected chi connectivity index (χ3v) is 6.14. The molecule has 6 heteroatoms. The molecule has 1 aromatic heterocycles. The highest BCUT2D eigenvalue weighted by atomic mass is 32.2. The van der Waals surface area contributed by atoms with E-state index in [1.165, 1.54) is 17.1 Å². The minimum absolute atomic E-state index is 0.0250. The van der Waals surface area contributed by atoms with E-state index in [0.29, 0.717) is 12.3 Å². The number of aromatic nitrogens is 2. The number of hydrogen-bond donors (Lipinski definition) is 1. The van der Waals surface area contributed by atoms with Crippen LogP contribution >= 0.6 is 11.8 Å². The number of hydrogen-bond acceptors (Lipinski definition) is 4. The van der Waals surface area contributed by atoms with Gasteiger partial charge in [0.2, 0.25) is 5.91 Å². The molecule has 0 bridgehead atoms. The molecule has 1 fully saturated rings. The number of rotatable bonds is 7. The van der Waals surface area contributed by atoms with Crippen molar-refractivity contribution in [2.24, 2.45) is 5.92 Å². The molecule has 5 nitrogen and oxygen atoms in total. The highest BCUT2D eigenvalue weighted by Gasteiger charge is 2.17. The van der Waals surface area contributed by atoms with Crippen LogP contribution in [0.15, 0.2) is 24.3 Å². The van der Waals surface area contributed by atoms with Gasteiger partial charge < -0.3 is 5.32 Å². The van der Waals surface area contributed by atoms with E-state index in [4.69, 9.17) is 0 Å². The maximum atomic E-state index is 12.8. The van der Waals surface area contributed by atoms with E-state index < -0.39 is 0 Å². The Morgan fingerprint density at radius 2 is 1.93 bits per heavy atom. The van der Waals surface area contributed by atoms with Gasteiger partial charge in [-0.25, -0.2) is 0 Å². The van der Waals surface area contributed by atoms with Crippen LogP contribution in [0, 0.1) is 19.8 Å². The number of anilines is 1. The second kappa shape index (κ2) is 9.61. The molecule has 152 valence electrons. The van der Waals surface area contributed by atoms with E-state index in [-0.39, 0.29) is 5.91 Å². The van der Waals surface area contributed by atoms with Crippen LogP contribution in [0.1, 0.15) is 36.4 Å². The Balaban J connectivity index is 1.68. The monoisotopic (exact) mass is 400 g/mol. The average molecular weight is 401 g/mol. The van der Waals surface area contributed by atoms with Gasteiger partial charge in [-0.3, -0.25) is 14.4 Å². The lowest BCUT2D eigenvalue weighted by atomic mass is 10.1. The summed E-state index contributed by atoms with van der Waals surface area (Å²) < 4.78 is 2.03. The van der Waals surface area contributed by atoms with Crippen LogP contribution in [0.2, 0.25) is 0 Å². The first-order chi connectivity index (χ1) is 13.4. The molecule has 1 aliphatic rings. The van der Waals surface area contributed by atoms with Crippen LogP contribution in [0.5, 0.6) is 0 Å². The van der Waals surface area contributed by atoms with Gasteiger partial charge in [0.1, 0.15) is 0 Å². The second-order valence-electron chi connectivity index (χ2n) is 8.00. The molecule has 0 aliphatic carbocycles. The lowest BCUT2D eigenvalue weighted by Crippen LogP contribution is -2.32. The van der Waals surface area contributed by atoms with Crippen LogP contribution in [-0.2, 0) is 24.3 Å². The van der Waals surface area contributed by atoms with Gasteiger partial charge in [-0.1, -0.05) is 32.0 Å². The molecule has 1 aliphatic heterocycles. The van der Waals surface area contributed by atoms with E-state index in [9.17, 15) is 4.79 Å². The number of aryl methyl sites for hydroxylation is 1. The molecule has 2 aromatic rings. The van der Waals surface area contributed by atoms with Crippen molar-refractivity contribution in [2.75, 3.05) is 29.9 Å². The van der Waals surface area contributed by atoms with Crippen molar-refractivity contribution < 1.29 is 4.79 Å². The lowest BCUT2D eigenvalue weighted by Gasteiger charge is -2.27. The second-order valence-corrected chi connectivity index (χ2v) is 9.22. The molecule has 0 unspecified atom stereocenters. The van der Waals surface area contributed by atoms with Gasteiger partial charge in [0.25, 0.3) is 0 Å². The van der Waals surface area contributed by atoms with E-state index in [0.717, 1.165) is 48.8 Å². The summed E-state index contributed by atoms with van der Waals surface area (Å²) in [7, 11) is 0. The normalized spacial score (nSPS) is 15.2. The zero-order chi connectivity index (χ0) is 20.1. The topological polar surface area (TPSA) is 50.2 Å². The van der Waals surface area contributed by atoms with Gasteiger partial charge in [-0.05, 0) is 31.4 Å². The van der Waals surface area contributed by atoms with Gasteiger partial charge in [-0.15, -0.1) is 0 Å². The predicted octanol–water partition coefficient (Wildman–Crippen LogP) is 3.89. The molecule has 0 spiro atoms. The quantitative estimate of drug-likeness (QED) is 0.766. The van der Waals surface area contributed by atoms with Crippen LogP contribution in [-0.4, -0.2) is 45.2 Å². The summed E-state index contributed by atoms with van der Waals surface area (Å²) >= 11 is 2.01. The van der Waals surface area contributed by atoms with Crippen LogP contribution in [0.3, 0.4) is 0 Å². The minimum Gasteiger partial charge on any atom is -0.325 e. The SMILES string of the molecule is Cc1nn(CC(C)C)c(C)c1CC(=O)Nc1ccccc1CN1CCSCC1. The molecule has 1 amide bonds. The van der Waals surface area contributed by atoms with Gasteiger partial charge in [0, 0.05) is 54.6 Å². The fourth-order valence-corrected chi connectivity index (χ4v) is 4.63. The molecule has 1 saturated heterocycles. The summed E-state index contributed by atoms with van der Waals surface area (Å²) in [5, 5.41) is 7.78. The fraction of sp³-hybridized carbons (Fsp3) is 0.545. The maximum absolute atomic E-state index is 12.8. The molecule has 0 radical (unpaired) electrons. The first kappa shape index (κ1) is 20.9. The number of benzene rings is 1. The van der Waals surface area contributed by atoms with Crippen molar-refractivity contribution in [2.45, 2.75) is 47.2 Å². The Bertz CT molecular complexity index is 809. The van der Waals surface area contributed by atoms with Crippen molar-refractivity contribution >= 4 is 23.4 Å². The average Bonchev–Trinajstić information content (AvgIpc) is 2.91. The molecule has 3 rings (SSSR count). The molecule has 1 N–H and O–H groups in total. The van der Waals surface area contributed by atoms with Crippen molar-refractivity contribution in [1.29, 1.82) is 0 Å². The minimum atomic E-state index is 0.0250. The highest BCUT2D eigenvalue weighted by molar-refractivity contribution is 7.99. The van der Waals surface area contributed by atoms with Crippen LogP contribution in [0.4, 0.5) is 5.69 Å². The largest absolute Gasteiger partial charge is 0.325 e. The molecule has 2 heterocycles.